The average molecular weight is 230 g/mol. The van der Waals surface area contributed by atoms with Gasteiger partial charge in [-0.2, -0.15) is 12.6 Å². The second-order valence-corrected chi connectivity index (χ2v) is 6.38. The monoisotopic (exact) mass is 230 g/mol. The molecule has 0 aliphatic heterocycles. The van der Waals surface area contributed by atoms with Gasteiger partial charge in [-0.15, -0.1) is 0 Å². The molecule has 2 N–H and O–H groups in total. The van der Waals surface area contributed by atoms with Gasteiger partial charge in [0.05, 0.1) is 4.87 Å². The summed E-state index contributed by atoms with van der Waals surface area (Å²) in [7, 11) is 0. The number of urea groups is 1. The number of nitrogens with one attached hydrogen (secondary N) is 2. The van der Waals surface area contributed by atoms with Gasteiger partial charge in [0.25, 0.3) is 0 Å². The van der Waals surface area contributed by atoms with Crippen molar-refractivity contribution in [2.75, 3.05) is 0 Å². The predicted molar refractivity (Wildman–Crippen MR) is 66.2 cm³/mol. The summed E-state index contributed by atoms with van der Waals surface area (Å²) < 4.78 is 0. The highest BCUT2D eigenvalue weighted by atomic mass is 32.1. The van der Waals surface area contributed by atoms with E-state index in [1.807, 2.05) is 13.8 Å². The lowest BCUT2D eigenvalue weighted by Crippen LogP contribution is -2.54. The quantitative estimate of drug-likeness (QED) is 0.495. The van der Waals surface area contributed by atoms with Gasteiger partial charge in [0, 0.05) is 5.54 Å². The summed E-state index contributed by atoms with van der Waals surface area (Å²) in [5.41, 5.74) is -0.0264. The molecule has 0 aromatic carbocycles. The van der Waals surface area contributed by atoms with Crippen molar-refractivity contribution in [3.05, 3.63) is 0 Å². The fraction of sp³-hybridized carbons (Fsp3) is 0.909. The summed E-state index contributed by atoms with van der Waals surface area (Å²) >= 11 is 4.27. The van der Waals surface area contributed by atoms with Crippen molar-refractivity contribution in [3.63, 3.8) is 0 Å². The van der Waals surface area contributed by atoms with E-state index in [-0.39, 0.29) is 11.6 Å². The van der Waals surface area contributed by atoms with E-state index < -0.39 is 4.87 Å². The fourth-order valence-corrected chi connectivity index (χ4v) is 2.14. The number of hydrogen-bond acceptors (Lipinski definition) is 2. The molecule has 0 spiro atoms. The molecule has 3 nitrogen and oxygen atoms in total. The summed E-state index contributed by atoms with van der Waals surface area (Å²) in [6.45, 7) is 5.84. The third-order valence-electron chi connectivity index (χ3n) is 2.79. The Morgan fingerprint density at radius 3 is 2.27 bits per heavy atom. The maximum atomic E-state index is 11.7. The van der Waals surface area contributed by atoms with Crippen LogP contribution in [0.2, 0.25) is 0 Å². The van der Waals surface area contributed by atoms with Crippen LogP contribution in [0.25, 0.3) is 0 Å². The molecule has 1 saturated carbocycles. The first kappa shape index (κ1) is 12.7. The van der Waals surface area contributed by atoms with Gasteiger partial charge in [-0.05, 0) is 33.6 Å². The number of amides is 2. The van der Waals surface area contributed by atoms with Crippen molar-refractivity contribution >= 4 is 18.7 Å². The highest BCUT2D eigenvalue weighted by Gasteiger charge is 2.29. The lowest BCUT2D eigenvalue weighted by molar-refractivity contribution is 0.208. The number of carbonyl (C=O) groups excluding carboxylic acids is 1. The van der Waals surface area contributed by atoms with E-state index in [9.17, 15) is 4.79 Å². The van der Waals surface area contributed by atoms with Gasteiger partial charge in [0.2, 0.25) is 0 Å². The Kier molecular flexibility index (Phi) is 3.93. The van der Waals surface area contributed by atoms with Crippen LogP contribution in [-0.4, -0.2) is 16.4 Å². The van der Waals surface area contributed by atoms with Crippen molar-refractivity contribution in [1.29, 1.82) is 0 Å². The number of thiol groups is 1. The molecule has 0 bridgehead atoms. The van der Waals surface area contributed by atoms with E-state index in [0.717, 1.165) is 12.8 Å². The Morgan fingerprint density at radius 2 is 1.80 bits per heavy atom. The van der Waals surface area contributed by atoms with Crippen molar-refractivity contribution in [2.45, 2.75) is 63.3 Å². The van der Waals surface area contributed by atoms with Crippen molar-refractivity contribution in [3.8, 4) is 0 Å². The largest absolute Gasteiger partial charge is 0.333 e. The lowest BCUT2D eigenvalue weighted by Gasteiger charge is -2.35. The van der Waals surface area contributed by atoms with Crippen LogP contribution < -0.4 is 10.6 Å². The molecule has 0 aromatic rings. The number of carbonyl (C=O) groups is 1. The third kappa shape index (κ3) is 4.78. The van der Waals surface area contributed by atoms with Crippen LogP contribution in [0.3, 0.4) is 0 Å². The van der Waals surface area contributed by atoms with E-state index in [0.29, 0.717) is 0 Å². The van der Waals surface area contributed by atoms with Gasteiger partial charge in [-0.3, -0.25) is 0 Å². The van der Waals surface area contributed by atoms with Crippen molar-refractivity contribution < 1.29 is 4.79 Å². The predicted octanol–water partition coefficient (Wildman–Crippen LogP) is 2.67. The topological polar surface area (TPSA) is 41.1 Å². The first-order valence-electron chi connectivity index (χ1n) is 5.63. The van der Waals surface area contributed by atoms with Crippen molar-refractivity contribution in [1.82, 2.24) is 10.6 Å². The molecule has 1 aliphatic carbocycles. The second kappa shape index (κ2) is 4.64. The van der Waals surface area contributed by atoms with Gasteiger partial charge in [0.1, 0.15) is 0 Å². The van der Waals surface area contributed by atoms with E-state index in [1.54, 1.807) is 0 Å². The molecular formula is C11H22N2OS. The molecule has 4 heteroatoms. The zero-order valence-corrected chi connectivity index (χ0v) is 10.8. The molecule has 1 aliphatic rings. The van der Waals surface area contributed by atoms with Crippen LogP contribution in [0, 0.1) is 0 Å². The van der Waals surface area contributed by atoms with Gasteiger partial charge in [0.15, 0.2) is 0 Å². The maximum Gasteiger partial charge on any atom is 0.316 e. The molecule has 1 fully saturated rings. The lowest BCUT2D eigenvalue weighted by atomic mass is 9.83. The molecule has 15 heavy (non-hydrogen) atoms. The summed E-state index contributed by atoms with van der Waals surface area (Å²) in [6.07, 6.45) is 5.86. The van der Waals surface area contributed by atoms with Crippen LogP contribution in [0.15, 0.2) is 0 Å². The van der Waals surface area contributed by atoms with Gasteiger partial charge in [-0.25, -0.2) is 4.79 Å². The molecule has 0 aromatic heterocycles. The minimum atomic E-state index is -0.463. The maximum absolute atomic E-state index is 11.7. The molecule has 0 heterocycles. The zero-order chi connectivity index (χ0) is 11.5. The highest BCUT2D eigenvalue weighted by Crippen LogP contribution is 2.27. The van der Waals surface area contributed by atoms with E-state index >= 15 is 0 Å². The van der Waals surface area contributed by atoms with E-state index in [4.69, 9.17) is 0 Å². The normalized spacial score (nSPS) is 20.8. The first-order valence-corrected chi connectivity index (χ1v) is 6.08. The van der Waals surface area contributed by atoms with Gasteiger partial charge < -0.3 is 10.6 Å². The summed E-state index contributed by atoms with van der Waals surface area (Å²) in [4.78, 5) is 11.2. The Hall–Kier alpha value is -0.380. The van der Waals surface area contributed by atoms with Crippen LogP contribution >= 0.6 is 12.6 Å². The fourth-order valence-electron chi connectivity index (χ4n) is 2.04. The standard InChI is InChI=1S/C11H22N2OS/c1-10(2,15)12-9(14)13-11(3)7-5-4-6-8-11/h15H,4-8H2,1-3H3,(H2,12,13,14). The SMILES string of the molecule is CC(C)(S)NC(=O)NC1(C)CCCCC1. The summed E-state index contributed by atoms with van der Waals surface area (Å²) in [6, 6.07) is -0.112. The smallest absolute Gasteiger partial charge is 0.316 e. The van der Waals surface area contributed by atoms with Crippen LogP contribution in [-0.2, 0) is 0 Å². The molecule has 0 saturated heterocycles. The first-order chi connectivity index (χ1) is 6.81. The Labute approximate surface area is 97.8 Å². The summed E-state index contributed by atoms with van der Waals surface area (Å²) in [5, 5.41) is 5.86. The second-order valence-electron chi connectivity index (χ2n) is 5.26. The number of hydrogen-bond donors (Lipinski definition) is 3. The molecule has 0 unspecified atom stereocenters. The minimum Gasteiger partial charge on any atom is -0.333 e. The van der Waals surface area contributed by atoms with Crippen molar-refractivity contribution in [2.24, 2.45) is 0 Å². The Bertz CT molecular complexity index is 229. The van der Waals surface area contributed by atoms with Gasteiger partial charge >= 0.3 is 6.03 Å². The zero-order valence-electron chi connectivity index (χ0n) is 9.89. The van der Waals surface area contributed by atoms with Crippen LogP contribution in [0.1, 0.15) is 52.9 Å². The molecule has 0 atom stereocenters. The highest BCUT2D eigenvalue weighted by molar-refractivity contribution is 7.81. The minimum absolute atomic E-state index is 0.0264. The summed E-state index contributed by atoms with van der Waals surface area (Å²) in [5.74, 6) is 0. The van der Waals surface area contributed by atoms with Crippen LogP contribution in [0.4, 0.5) is 4.79 Å². The molecule has 1 rings (SSSR count). The molecular weight excluding hydrogens is 208 g/mol. The van der Waals surface area contributed by atoms with E-state index in [2.05, 4.69) is 30.2 Å². The Morgan fingerprint density at radius 1 is 1.27 bits per heavy atom. The van der Waals surface area contributed by atoms with Crippen LogP contribution in [0.5, 0.6) is 0 Å². The van der Waals surface area contributed by atoms with Gasteiger partial charge in [-0.1, -0.05) is 19.3 Å². The third-order valence-corrected chi connectivity index (χ3v) is 2.90. The molecule has 88 valence electrons. The number of rotatable bonds is 2. The Balaban J connectivity index is 2.42. The van der Waals surface area contributed by atoms with E-state index in [1.165, 1.54) is 19.3 Å². The molecule has 0 radical (unpaired) electrons. The molecule has 2 amide bonds. The average Bonchev–Trinajstić information content (AvgIpc) is 1.99.